The topological polar surface area (TPSA) is 55.2 Å². The molecule has 0 heterocycles. The number of nitrogens with one attached hydrogen (secondary N) is 1. The van der Waals surface area contributed by atoms with Crippen molar-refractivity contribution < 1.29 is 4.92 Å². The third-order valence-corrected chi connectivity index (χ3v) is 2.61. The zero-order valence-corrected chi connectivity index (χ0v) is 10.0. The van der Waals surface area contributed by atoms with Crippen LogP contribution in [0.15, 0.2) is 18.2 Å². The first-order chi connectivity index (χ1) is 7.56. The van der Waals surface area contributed by atoms with Gasteiger partial charge >= 0.3 is 0 Å². The number of benzene rings is 1. The van der Waals surface area contributed by atoms with Crippen molar-refractivity contribution in [2.24, 2.45) is 0 Å². The lowest BCUT2D eigenvalue weighted by Gasteiger charge is -2.00. The van der Waals surface area contributed by atoms with Gasteiger partial charge in [-0.2, -0.15) is 0 Å². The van der Waals surface area contributed by atoms with E-state index in [9.17, 15) is 10.1 Å². The smallest absolute Gasteiger partial charge is 0.278 e. The van der Waals surface area contributed by atoms with Gasteiger partial charge in [0.25, 0.3) is 5.69 Å². The zero-order valence-electron chi connectivity index (χ0n) is 8.54. The fraction of sp³-hybridized carbons (Fsp3) is 0.200. The van der Waals surface area contributed by atoms with Crippen LogP contribution in [-0.2, 0) is 0 Å². The average Bonchev–Trinajstić information content (AvgIpc) is 2.23. The van der Waals surface area contributed by atoms with Crippen LogP contribution < -0.4 is 5.32 Å². The third kappa shape index (κ3) is 3.20. The van der Waals surface area contributed by atoms with E-state index < -0.39 is 4.92 Å². The molecule has 0 aromatic heterocycles. The van der Waals surface area contributed by atoms with Crippen LogP contribution in [0.5, 0.6) is 0 Å². The van der Waals surface area contributed by atoms with Gasteiger partial charge in [-0.15, -0.1) is 0 Å². The van der Waals surface area contributed by atoms with E-state index in [0.29, 0.717) is 17.1 Å². The summed E-state index contributed by atoms with van der Waals surface area (Å²) in [6.07, 6.45) is 3.41. The van der Waals surface area contributed by atoms with Crippen molar-refractivity contribution in [3.05, 3.63) is 43.9 Å². The number of hydrogen-bond acceptors (Lipinski definition) is 3. The molecule has 0 fully saturated rings. The molecule has 1 aromatic rings. The van der Waals surface area contributed by atoms with Gasteiger partial charge in [-0.1, -0.05) is 35.4 Å². The number of nitro benzene ring substituents is 1. The summed E-state index contributed by atoms with van der Waals surface area (Å²) in [6.45, 7) is 0.622. The van der Waals surface area contributed by atoms with Crippen LogP contribution in [0.2, 0.25) is 10.0 Å². The molecule has 0 aliphatic rings. The molecule has 0 bridgehead atoms. The molecule has 6 heteroatoms. The average molecular weight is 261 g/mol. The molecule has 0 aliphatic heterocycles. The van der Waals surface area contributed by atoms with Gasteiger partial charge in [0, 0.05) is 12.6 Å². The van der Waals surface area contributed by atoms with Crippen LogP contribution in [0, 0.1) is 10.1 Å². The third-order valence-electron chi connectivity index (χ3n) is 1.89. The van der Waals surface area contributed by atoms with E-state index >= 15 is 0 Å². The summed E-state index contributed by atoms with van der Waals surface area (Å²) in [5.74, 6) is 0. The van der Waals surface area contributed by atoms with Crippen molar-refractivity contribution in [3.8, 4) is 0 Å². The number of rotatable bonds is 4. The standard InChI is InChI=1S/C10H10Cl2N2O2/c1-13-4-2-3-7-5-8(11)9(12)6-10(7)14(15)16/h2-3,5-6,13H,4H2,1H3. The lowest BCUT2D eigenvalue weighted by molar-refractivity contribution is -0.385. The first-order valence-corrected chi connectivity index (χ1v) is 5.26. The van der Waals surface area contributed by atoms with Crippen molar-refractivity contribution >= 4 is 35.0 Å². The van der Waals surface area contributed by atoms with Gasteiger partial charge in [0.05, 0.1) is 20.5 Å². The molecule has 16 heavy (non-hydrogen) atoms. The summed E-state index contributed by atoms with van der Waals surface area (Å²) in [6, 6.07) is 2.73. The van der Waals surface area contributed by atoms with Crippen LogP contribution in [0.1, 0.15) is 5.56 Å². The maximum Gasteiger partial charge on any atom is 0.278 e. The maximum absolute atomic E-state index is 10.8. The Hall–Kier alpha value is -1.10. The lowest BCUT2D eigenvalue weighted by atomic mass is 10.1. The molecule has 0 saturated heterocycles. The van der Waals surface area contributed by atoms with Gasteiger partial charge in [0.15, 0.2) is 0 Å². The largest absolute Gasteiger partial charge is 0.316 e. The van der Waals surface area contributed by atoms with E-state index in [4.69, 9.17) is 23.2 Å². The summed E-state index contributed by atoms with van der Waals surface area (Å²) in [5, 5.41) is 14.2. The second-order valence-corrected chi connectivity index (χ2v) is 3.86. The van der Waals surface area contributed by atoms with Crippen LogP contribution >= 0.6 is 23.2 Å². The molecule has 4 nitrogen and oxygen atoms in total. The Balaban J connectivity index is 3.14. The Morgan fingerprint density at radius 2 is 2.06 bits per heavy atom. The predicted molar refractivity (Wildman–Crippen MR) is 66.1 cm³/mol. The SMILES string of the molecule is CNCC=Cc1cc(Cl)c(Cl)cc1[N+](=O)[O-]. The van der Waals surface area contributed by atoms with E-state index in [1.165, 1.54) is 12.1 Å². The van der Waals surface area contributed by atoms with Gasteiger partial charge in [-0.3, -0.25) is 10.1 Å². The monoisotopic (exact) mass is 260 g/mol. The van der Waals surface area contributed by atoms with Crippen LogP contribution in [0.25, 0.3) is 6.08 Å². The van der Waals surface area contributed by atoms with E-state index in [2.05, 4.69) is 5.32 Å². The van der Waals surface area contributed by atoms with Crippen LogP contribution in [-0.4, -0.2) is 18.5 Å². The molecular weight excluding hydrogens is 251 g/mol. The Bertz CT molecular complexity index is 433. The molecule has 0 radical (unpaired) electrons. The van der Waals surface area contributed by atoms with E-state index in [1.54, 1.807) is 19.2 Å². The van der Waals surface area contributed by atoms with Gasteiger partial charge in [-0.25, -0.2) is 0 Å². The van der Waals surface area contributed by atoms with Gasteiger partial charge in [0.1, 0.15) is 0 Å². The molecular formula is C10H10Cl2N2O2. The second kappa shape index (κ2) is 5.84. The fourth-order valence-corrected chi connectivity index (χ4v) is 1.48. The molecule has 1 aromatic carbocycles. The minimum Gasteiger partial charge on any atom is -0.316 e. The van der Waals surface area contributed by atoms with Gasteiger partial charge < -0.3 is 5.32 Å². The highest BCUT2D eigenvalue weighted by atomic mass is 35.5. The van der Waals surface area contributed by atoms with Crippen molar-refractivity contribution in [1.29, 1.82) is 0 Å². The summed E-state index contributed by atoms with van der Waals surface area (Å²) in [7, 11) is 1.79. The summed E-state index contributed by atoms with van der Waals surface area (Å²) in [4.78, 5) is 10.3. The summed E-state index contributed by atoms with van der Waals surface area (Å²) < 4.78 is 0. The number of nitro groups is 1. The maximum atomic E-state index is 10.8. The highest BCUT2D eigenvalue weighted by molar-refractivity contribution is 6.42. The van der Waals surface area contributed by atoms with Crippen molar-refractivity contribution in [2.45, 2.75) is 0 Å². The zero-order chi connectivity index (χ0) is 12.1. The molecule has 0 atom stereocenters. The Morgan fingerprint density at radius 3 is 2.62 bits per heavy atom. The molecule has 0 saturated carbocycles. The van der Waals surface area contributed by atoms with E-state index in [1.807, 2.05) is 0 Å². The summed E-state index contributed by atoms with van der Waals surface area (Å²) in [5.41, 5.74) is 0.386. The van der Waals surface area contributed by atoms with Crippen molar-refractivity contribution in [3.63, 3.8) is 0 Å². The number of likely N-dealkylation sites (N-methyl/N-ethyl adjacent to an activating group) is 1. The molecule has 1 rings (SSSR count). The highest BCUT2D eigenvalue weighted by Crippen LogP contribution is 2.31. The predicted octanol–water partition coefficient (Wildman–Crippen LogP) is 3.13. The van der Waals surface area contributed by atoms with E-state index in [0.717, 1.165) is 0 Å². The van der Waals surface area contributed by atoms with Crippen molar-refractivity contribution in [1.82, 2.24) is 5.32 Å². The molecule has 0 amide bonds. The molecule has 0 spiro atoms. The molecule has 0 aliphatic carbocycles. The Kier molecular flexibility index (Phi) is 4.73. The normalized spacial score (nSPS) is 10.9. The van der Waals surface area contributed by atoms with E-state index in [-0.39, 0.29) is 10.7 Å². The number of nitrogens with zero attached hydrogens (tertiary/aromatic N) is 1. The molecule has 0 unspecified atom stereocenters. The van der Waals surface area contributed by atoms with Gasteiger partial charge in [0.2, 0.25) is 0 Å². The quantitative estimate of drug-likeness (QED) is 0.669. The fourth-order valence-electron chi connectivity index (χ4n) is 1.15. The highest BCUT2D eigenvalue weighted by Gasteiger charge is 2.14. The lowest BCUT2D eigenvalue weighted by Crippen LogP contribution is -2.03. The van der Waals surface area contributed by atoms with Crippen molar-refractivity contribution in [2.75, 3.05) is 13.6 Å². The minimum atomic E-state index is -0.485. The Labute approximate surface area is 103 Å². The molecule has 1 N–H and O–H groups in total. The van der Waals surface area contributed by atoms with Crippen LogP contribution in [0.3, 0.4) is 0 Å². The Morgan fingerprint density at radius 1 is 1.44 bits per heavy atom. The first-order valence-electron chi connectivity index (χ1n) is 4.51. The first kappa shape index (κ1) is 13.0. The van der Waals surface area contributed by atoms with Gasteiger partial charge in [-0.05, 0) is 13.1 Å². The molecule has 86 valence electrons. The van der Waals surface area contributed by atoms with Crippen LogP contribution in [0.4, 0.5) is 5.69 Å². The minimum absolute atomic E-state index is 0.0539. The number of halogens is 2. The number of hydrogen-bond donors (Lipinski definition) is 1. The summed E-state index contributed by atoms with van der Waals surface area (Å²) >= 11 is 11.5. The second-order valence-electron chi connectivity index (χ2n) is 3.04.